The number of benzene rings is 2. The van der Waals surface area contributed by atoms with E-state index in [4.69, 9.17) is 17.3 Å². The van der Waals surface area contributed by atoms with Gasteiger partial charge in [0.25, 0.3) is 5.91 Å². The first-order chi connectivity index (χ1) is 9.06. The van der Waals surface area contributed by atoms with Gasteiger partial charge >= 0.3 is 0 Å². The highest BCUT2D eigenvalue weighted by Crippen LogP contribution is 2.17. The molecule has 3 N–H and O–H groups in total. The third-order valence-electron chi connectivity index (χ3n) is 2.83. The molecule has 0 radical (unpaired) electrons. The molecule has 0 bridgehead atoms. The van der Waals surface area contributed by atoms with Crippen LogP contribution in [0.25, 0.3) is 0 Å². The van der Waals surface area contributed by atoms with Crippen molar-refractivity contribution in [2.45, 2.75) is 13.5 Å². The average molecular weight is 275 g/mol. The van der Waals surface area contributed by atoms with Crippen molar-refractivity contribution in [3.63, 3.8) is 0 Å². The molecule has 0 spiro atoms. The first kappa shape index (κ1) is 13.4. The molecule has 0 aromatic heterocycles. The number of nitrogen functional groups attached to an aromatic ring is 1. The number of carbonyl (C=O) groups excluding carboxylic acids is 1. The third kappa shape index (κ3) is 3.48. The Morgan fingerprint density at radius 3 is 2.53 bits per heavy atom. The number of halogens is 1. The second kappa shape index (κ2) is 5.76. The largest absolute Gasteiger partial charge is 0.398 e. The summed E-state index contributed by atoms with van der Waals surface area (Å²) < 4.78 is 0. The molecule has 4 heteroatoms. The van der Waals surface area contributed by atoms with Crippen LogP contribution in [-0.4, -0.2) is 5.91 Å². The number of carbonyl (C=O) groups is 1. The zero-order chi connectivity index (χ0) is 13.8. The molecule has 0 unspecified atom stereocenters. The number of anilines is 1. The Labute approximate surface area is 117 Å². The van der Waals surface area contributed by atoms with Crippen LogP contribution in [0.2, 0.25) is 5.02 Å². The molecule has 2 aromatic rings. The number of nitrogens with two attached hydrogens (primary N) is 1. The van der Waals surface area contributed by atoms with Gasteiger partial charge in [-0.3, -0.25) is 4.79 Å². The van der Waals surface area contributed by atoms with E-state index < -0.39 is 0 Å². The summed E-state index contributed by atoms with van der Waals surface area (Å²) in [7, 11) is 0. The maximum atomic E-state index is 12.0. The maximum absolute atomic E-state index is 12.0. The topological polar surface area (TPSA) is 55.1 Å². The van der Waals surface area contributed by atoms with Gasteiger partial charge in [-0.05, 0) is 30.7 Å². The Hall–Kier alpha value is -2.00. The van der Waals surface area contributed by atoms with Crippen molar-refractivity contribution in [2.24, 2.45) is 0 Å². The fourth-order valence-electron chi connectivity index (χ4n) is 1.72. The second-order valence-electron chi connectivity index (χ2n) is 4.40. The van der Waals surface area contributed by atoms with Gasteiger partial charge in [-0.25, -0.2) is 0 Å². The Morgan fingerprint density at radius 1 is 1.21 bits per heavy atom. The minimum Gasteiger partial charge on any atom is -0.398 e. The summed E-state index contributed by atoms with van der Waals surface area (Å²) in [5, 5.41) is 3.35. The summed E-state index contributed by atoms with van der Waals surface area (Å²) in [6.45, 7) is 2.50. The van der Waals surface area contributed by atoms with Gasteiger partial charge < -0.3 is 11.1 Å². The lowest BCUT2D eigenvalue weighted by Crippen LogP contribution is -2.23. The number of hydrogen-bond acceptors (Lipinski definition) is 2. The average Bonchev–Trinajstić information content (AvgIpc) is 2.37. The van der Waals surface area contributed by atoms with Gasteiger partial charge in [0.1, 0.15) is 0 Å². The Balaban J connectivity index is 2.03. The van der Waals surface area contributed by atoms with E-state index in [0.29, 0.717) is 22.8 Å². The molecule has 0 aliphatic carbocycles. The standard InChI is InChI=1S/C15H15ClN2O/c1-10-2-4-11(5-3-10)9-18-15(19)13-7-6-12(16)8-14(13)17/h2-8H,9,17H2,1H3,(H,18,19). The number of nitrogens with one attached hydrogen (secondary N) is 1. The molecule has 19 heavy (non-hydrogen) atoms. The minimum absolute atomic E-state index is 0.199. The molecule has 1 amide bonds. The Morgan fingerprint density at radius 2 is 1.89 bits per heavy atom. The predicted octanol–water partition coefficient (Wildman–Crippen LogP) is 3.16. The minimum atomic E-state index is -0.199. The van der Waals surface area contributed by atoms with Crippen molar-refractivity contribution >= 4 is 23.2 Å². The lowest BCUT2D eigenvalue weighted by atomic mass is 10.1. The van der Waals surface area contributed by atoms with Gasteiger partial charge in [-0.2, -0.15) is 0 Å². The number of hydrogen-bond donors (Lipinski definition) is 2. The second-order valence-corrected chi connectivity index (χ2v) is 4.84. The molecular weight excluding hydrogens is 260 g/mol. The van der Waals surface area contributed by atoms with Crippen LogP contribution >= 0.6 is 11.6 Å². The van der Waals surface area contributed by atoms with Crippen LogP contribution in [0.3, 0.4) is 0 Å². The fraction of sp³-hybridized carbons (Fsp3) is 0.133. The first-order valence-corrected chi connectivity index (χ1v) is 6.33. The number of amides is 1. The van der Waals surface area contributed by atoms with Crippen molar-refractivity contribution in [2.75, 3.05) is 5.73 Å². The van der Waals surface area contributed by atoms with Crippen LogP contribution in [0.5, 0.6) is 0 Å². The van der Waals surface area contributed by atoms with Crippen LogP contribution in [0.1, 0.15) is 21.5 Å². The lowest BCUT2D eigenvalue weighted by Gasteiger charge is -2.08. The van der Waals surface area contributed by atoms with Gasteiger partial charge in [0.05, 0.1) is 5.56 Å². The van der Waals surface area contributed by atoms with E-state index >= 15 is 0 Å². The summed E-state index contributed by atoms with van der Waals surface area (Å²) in [6.07, 6.45) is 0. The summed E-state index contributed by atoms with van der Waals surface area (Å²) in [5.41, 5.74) is 8.83. The molecule has 98 valence electrons. The van der Waals surface area contributed by atoms with E-state index in [1.807, 2.05) is 31.2 Å². The van der Waals surface area contributed by atoms with E-state index in [2.05, 4.69) is 5.32 Å². The lowest BCUT2D eigenvalue weighted by molar-refractivity contribution is 0.0952. The molecule has 2 aromatic carbocycles. The van der Waals surface area contributed by atoms with E-state index in [9.17, 15) is 4.79 Å². The highest BCUT2D eigenvalue weighted by Gasteiger charge is 2.09. The first-order valence-electron chi connectivity index (χ1n) is 5.95. The van der Waals surface area contributed by atoms with E-state index in [0.717, 1.165) is 5.56 Å². The SMILES string of the molecule is Cc1ccc(CNC(=O)c2ccc(Cl)cc2N)cc1. The third-order valence-corrected chi connectivity index (χ3v) is 3.07. The van der Waals surface area contributed by atoms with Crippen molar-refractivity contribution in [1.29, 1.82) is 0 Å². The molecule has 0 saturated carbocycles. The summed E-state index contributed by atoms with van der Waals surface area (Å²) in [6, 6.07) is 12.8. The molecule has 0 atom stereocenters. The van der Waals surface area contributed by atoms with Crippen molar-refractivity contribution in [3.8, 4) is 0 Å². The fourth-order valence-corrected chi connectivity index (χ4v) is 1.90. The molecule has 0 heterocycles. The maximum Gasteiger partial charge on any atom is 0.253 e. The molecule has 0 fully saturated rings. The molecule has 3 nitrogen and oxygen atoms in total. The monoisotopic (exact) mass is 274 g/mol. The summed E-state index contributed by atoms with van der Waals surface area (Å²) in [5.74, 6) is -0.199. The van der Waals surface area contributed by atoms with Crippen molar-refractivity contribution in [1.82, 2.24) is 5.32 Å². The molecule has 0 aliphatic heterocycles. The zero-order valence-electron chi connectivity index (χ0n) is 10.6. The van der Waals surface area contributed by atoms with Crippen LogP contribution in [0.15, 0.2) is 42.5 Å². The Bertz CT molecular complexity index is 594. The van der Waals surface area contributed by atoms with Crippen LogP contribution in [0, 0.1) is 6.92 Å². The van der Waals surface area contributed by atoms with E-state index in [1.165, 1.54) is 5.56 Å². The smallest absolute Gasteiger partial charge is 0.253 e. The molecular formula is C15H15ClN2O. The van der Waals surface area contributed by atoms with E-state index in [1.54, 1.807) is 18.2 Å². The van der Waals surface area contributed by atoms with E-state index in [-0.39, 0.29) is 5.91 Å². The predicted molar refractivity (Wildman–Crippen MR) is 78.2 cm³/mol. The van der Waals surface area contributed by atoms with Gasteiger partial charge in [-0.15, -0.1) is 0 Å². The normalized spacial score (nSPS) is 10.2. The van der Waals surface area contributed by atoms with Gasteiger partial charge in [0.15, 0.2) is 0 Å². The van der Waals surface area contributed by atoms with Crippen LogP contribution in [-0.2, 0) is 6.54 Å². The highest BCUT2D eigenvalue weighted by atomic mass is 35.5. The Kier molecular flexibility index (Phi) is 4.07. The highest BCUT2D eigenvalue weighted by molar-refractivity contribution is 6.31. The quantitative estimate of drug-likeness (QED) is 0.845. The number of aryl methyl sites for hydroxylation is 1. The van der Waals surface area contributed by atoms with Gasteiger partial charge in [0, 0.05) is 17.3 Å². The molecule has 0 saturated heterocycles. The van der Waals surface area contributed by atoms with Gasteiger partial charge in [-0.1, -0.05) is 41.4 Å². The van der Waals surface area contributed by atoms with Crippen molar-refractivity contribution < 1.29 is 4.79 Å². The summed E-state index contributed by atoms with van der Waals surface area (Å²) in [4.78, 5) is 12.0. The molecule has 0 aliphatic rings. The van der Waals surface area contributed by atoms with Crippen LogP contribution < -0.4 is 11.1 Å². The zero-order valence-corrected chi connectivity index (χ0v) is 11.4. The molecule has 2 rings (SSSR count). The number of rotatable bonds is 3. The van der Waals surface area contributed by atoms with Crippen LogP contribution in [0.4, 0.5) is 5.69 Å². The summed E-state index contributed by atoms with van der Waals surface area (Å²) >= 11 is 5.80. The van der Waals surface area contributed by atoms with Crippen molar-refractivity contribution in [3.05, 3.63) is 64.2 Å². The van der Waals surface area contributed by atoms with Gasteiger partial charge in [0.2, 0.25) is 0 Å².